The number of benzene rings is 3. The topological polar surface area (TPSA) is 73.6 Å². The predicted molar refractivity (Wildman–Crippen MR) is 125 cm³/mol. The molecule has 0 spiro atoms. The van der Waals surface area contributed by atoms with Crippen LogP contribution >= 0.6 is 0 Å². The maximum absolute atomic E-state index is 13.2. The number of ether oxygens (including phenoxy) is 1. The number of hydrogen-bond donors (Lipinski definition) is 0. The van der Waals surface area contributed by atoms with Gasteiger partial charge in [0.05, 0.1) is 6.07 Å². The van der Waals surface area contributed by atoms with E-state index in [1.165, 1.54) is 12.1 Å². The highest BCUT2D eigenvalue weighted by molar-refractivity contribution is 6.08. The Balaban J connectivity index is 1.27. The number of nitrogens with zero attached hydrogens (tertiary/aromatic N) is 3. The van der Waals surface area contributed by atoms with Crippen molar-refractivity contribution in [2.45, 2.75) is 6.04 Å². The Bertz CT molecular complexity index is 1170. The molecule has 34 heavy (non-hydrogen) atoms. The standard InChI is InChI=1S/C27H24FN3O3/c28-23-10-6-20(7-11-23)25(18-29)30-14-16-31(17-15-30)26(32)19-34-24-12-8-22(9-13-24)27(33)21-4-2-1-3-5-21/h1-13,25H,14-17,19H2/t25-/m0/s1. The zero-order valence-corrected chi connectivity index (χ0v) is 18.6. The number of hydrogen-bond acceptors (Lipinski definition) is 5. The van der Waals surface area contributed by atoms with Crippen molar-refractivity contribution >= 4 is 11.7 Å². The van der Waals surface area contributed by atoms with Crippen LogP contribution in [0.2, 0.25) is 0 Å². The number of ketones is 1. The Morgan fingerprint density at radius 1 is 0.882 bits per heavy atom. The molecule has 1 aliphatic rings. The van der Waals surface area contributed by atoms with Crippen LogP contribution in [-0.4, -0.2) is 54.3 Å². The summed E-state index contributed by atoms with van der Waals surface area (Å²) >= 11 is 0. The van der Waals surface area contributed by atoms with Crippen LogP contribution in [0.4, 0.5) is 4.39 Å². The summed E-state index contributed by atoms with van der Waals surface area (Å²) in [6.07, 6.45) is 0. The fourth-order valence-electron chi connectivity index (χ4n) is 3.94. The lowest BCUT2D eigenvalue weighted by Gasteiger charge is -2.37. The number of carbonyl (C=O) groups is 2. The monoisotopic (exact) mass is 457 g/mol. The van der Waals surface area contributed by atoms with Gasteiger partial charge < -0.3 is 9.64 Å². The quantitative estimate of drug-likeness (QED) is 0.504. The summed E-state index contributed by atoms with van der Waals surface area (Å²) in [4.78, 5) is 28.8. The normalized spacial score (nSPS) is 14.8. The summed E-state index contributed by atoms with van der Waals surface area (Å²) in [6.45, 7) is 1.93. The molecule has 1 heterocycles. The van der Waals surface area contributed by atoms with E-state index in [0.29, 0.717) is 43.1 Å². The van der Waals surface area contributed by atoms with Gasteiger partial charge in [-0.15, -0.1) is 0 Å². The van der Waals surface area contributed by atoms with Crippen molar-refractivity contribution in [1.82, 2.24) is 9.80 Å². The zero-order valence-electron chi connectivity index (χ0n) is 18.6. The third-order valence-corrected chi connectivity index (χ3v) is 5.85. The summed E-state index contributed by atoms with van der Waals surface area (Å²) in [5, 5.41) is 9.60. The number of rotatable bonds is 7. The van der Waals surface area contributed by atoms with E-state index in [1.54, 1.807) is 53.4 Å². The van der Waals surface area contributed by atoms with Crippen molar-refractivity contribution in [2.24, 2.45) is 0 Å². The highest BCUT2D eigenvalue weighted by atomic mass is 19.1. The number of amides is 1. The Morgan fingerprint density at radius 2 is 1.50 bits per heavy atom. The molecule has 0 aromatic heterocycles. The van der Waals surface area contributed by atoms with Crippen molar-refractivity contribution < 1.29 is 18.7 Å². The van der Waals surface area contributed by atoms with Crippen LogP contribution < -0.4 is 4.74 Å². The number of nitriles is 1. The first-order valence-electron chi connectivity index (χ1n) is 11.0. The molecular formula is C27H24FN3O3. The van der Waals surface area contributed by atoms with Crippen LogP contribution in [0, 0.1) is 17.1 Å². The van der Waals surface area contributed by atoms with Crippen LogP contribution in [0.25, 0.3) is 0 Å². The molecule has 1 aliphatic heterocycles. The summed E-state index contributed by atoms with van der Waals surface area (Å²) in [7, 11) is 0. The molecule has 1 fully saturated rings. The van der Waals surface area contributed by atoms with Gasteiger partial charge in [0.1, 0.15) is 17.6 Å². The molecule has 0 bridgehead atoms. The molecule has 4 rings (SSSR count). The van der Waals surface area contributed by atoms with Crippen LogP contribution in [0.5, 0.6) is 5.75 Å². The number of halogens is 1. The molecule has 3 aromatic carbocycles. The van der Waals surface area contributed by atoms with Gasteiger partial charge in [0.15, 0.2) is 12.4 Å². The maximum atomic E-state index is 13.2. The van der Waals surface area contributed by atoms with Gasteiger partial charge in [-0.3, -0.25) is 14.5 Å². The maximum Gasteiger partial charge on any atom is 0.260 e. The minimum Gasteiger partial charge on any atom is -0.484 e. The Morgan fingerprint density at radius 3 is 2.12 bits per heavy atom. The molecule has 0 unspecified atom stereocenters. The van der Waals surface area contributed by atoms with Gasteiger partial charge in [0.2, 0.25) is 0 Å². The van der Waals surface area contributed by atoms with Crippen LogP contribution in [0.15, 0.2) is 78.9 Å². The summed E-state index contributed by atoms with van der Waals surface area (Å²) < 4.78 is 18.8. The van der Waals surface area contributed by atoms with Crippen molar-refractivity contribution in [3.63, 3.8) is 0 Å². The Kier molecular flexibility index (Phi) is 7.31. The molecule has 0 aliphatic carbocycles. The van der Waals surface area contributed by atoms with Crippen molar-refractivity contribution in [1.29, 1.82) is 5.26 Å². The SMILES string of the molecule is N#C[C@@H](c1ccc(F)cc1)N1CCN(C(=O)COc2ccc(C(=O)c3ccccc3)cc2)CC1. The molecule has 3 aromatic rings. The lowest BCUT2D eigenvalue weighted by Crippen LogP contribution is -2.50. The molecule has 7 heteroatoms. The van der Waals surface area contributed by atoms with E-state index < -0.39 is 6.04 Å². The van der Waals surface area contributed by atoms with Gasteiger partial charge >= 0.3 is 0 Å². The predicted octanol–water partition coefficient (Wildman–Crippen LogP) is 3.84. The molecule has 1 atom stereocenters. The van der Waals surface area contributed by atoms with E-state index in [2.05, 4.69) is 6.07 Å². The smallest absolute Gasteiger partial charge is 0.260 e. The lowest BCUT2D eigenvalue weighted by atomic mass is 10.0. The van der Waals surface area contributed by atoms with Gasteiger partial charge in [-0.2, -0.15) is 5.26 Å². The molecule has 6 nitrogen and oxygen atoms in total. The average molecular weight is 458 g/mol. The van der Waals surface area contributed by atoms with Gasteiger partial charge in [-0.25, -0.2) is 4.39 Å². The van der Waals surface area contributed by atoms with E-state index in [9.17, 15) is 19.2 Å². The van der Waals surface area contributed by atoms with E-state index in [-0.39, 0.29) is 24.1 Å². The molecule has 1 amide bonds. The molecule has 0 N–H and O–H groups in total. The summed E-state index contributed by atoms with van der Waals surface area (Å²) in [5.74, 6) is -0.0393. The highest BCUT2D eigenvalue weighted by Gasteiger charge is 2.27. The van der Waals surface area contributed by atoms with E-state index in [4.69, 9.17) is 4.74 Å². The molecule has 1 saturated heterocycles. The Hall–Kier alpha value is -4.02. The summed E-state index contributed by atoms with van der Waals surface area (Å²) in [5.41, 5.74) is 1.90. The Labute approximate surface area is 197 Å². The van der Waals surface area contributed by atoms with Crippen LogP contribution in [0.1, 0.15) is 27.5 Å². The largest absolute Gasteiger partial charge is 0.484 e. The fraction of sp³-hybridized carbons (Fsp3) is 0.222. The second-order valence-corrected chi connectivity index (χ2v) is 8.01. The second-order valence-electron chi connectivity index (χ2n) is 8.01. The third-order valence-electron chi connectivity index (χ3n) is 5.85. The average Bonchev–Trinajstić information content (AvgIpc) is 2.89. The minimum atomic E-state index is -0.480. The number of piperazine rings is 1. The highest BCUT2D eigenvalue weighted by Crippen LogP contribution is 2.22. The lowest BCUT2D eigenvalue weighted by molar-refractivity contribution is -0.135. The molecular weight excluding hydrogens is 433 g/mol. The van der Waals surface area contributed by atoms with E-state index >= 15 is 0 Å². The number of carbonyl (C=O) groups excluding carboxylic acids is 2. The fourth-order valence-corrected chi connectivity index (χ4v) is 3.94. The third kappa shape index (κ3) is 5.48. The van der Waals surface area contributed by atoms with Gasteiger partial charge in [-0.1, -0.05) is 42.5 Å². The molecule has 0 saturated carbocycles. The van der Waals surface area contributed by atoms with Crippen LogP contribution in [0.3, 0.4) is 0 Å². The summed E-state index contributed by atoms with van der Waals surface area (Å²) in [6, 6.07) is 23.5. The second kappa shape index (κ2) is 10.7. The van der Waals surface area contributed by atoms with Gasteiger partial charge in [0, 0.05) is 37.3 Å². The molecule has 172 valence electrons. The van der Waals surface area contributed by atoms with E-state index in [0.717, 1.165) is 5.56 Å². The van der Waals surface area contributed by atoms with E-state index in [1.807, 2.05) is 23.1 Å². The zero-order chi connectivity index (χ0) is 23.9. The minimum absolute atomic E-state index is 0.0718. The van der Waals surface area contributed by atoms with Crippen LogP contribution in [-0.2, 0) is 4.79 Å². The first-order valence-corrected chi connectivity index (χ1v) is 11.0. The van der Waals surface area contributed by atoms with Gasteiger partial charge in [0.25, 0.3) is 5.91 Å². The first-order chi connectivity index (χ1) is 16.5. The first kappa shape index (κ1) is 23.1. The van der Waals surface area contributed by atoms with Crippen molar-refractivity contribution in [3.8, 4) is 11.8 Å². The van der Waals surface area contributed by atoms with Crippen molar-refractivity contribution in [3.05, 3.63) is 101 Å². The van der Waals surface area contributed by atoms with Crippen molar-refractivity contribution in [2.75, 3.05) is 32.8 Å². The van der Waals surface area contributed by atoms with Gasteiger partial charge in [-0.05, 0) is 42.0 Å². The molecule has 0 radical (unpaired) electrons.